The third kappa shape index (κ3) is 3.12. The summed E-state index contributed by atoms with van der Waals surface area (Å²) in [6.07, 6.45) is 3.40. The standard InChI is InChI=1S/C12H20N2O2S2/c1-8-7-17-11(6-13)12(8)18(15,16)14-9(2)5-10-3-4-10/h7,9-10,14H,3-6,13H2,1-2H3. The van der Waals surface area contributed by atoms with Gasteiger partial charge in [-0.05, 0) is 37.1 Å². The van der Waals surface area contributed by atoms with Crippen LogP contribution < -0.4 is 10.5 Å². The second-order valence-electron chi connectivity index (χ2n) is 5.08. The SMILES string of the molecule is Cc1csc(CN)c1S(=O)(=O)NC(C)CC1CC1. The van der Waals surface area contributed by atoms with Gasteiger partial charge in [-0.1, -0.05) is 12.8 Å². The van der Waals surface area contributed by atoms with Gasteiger partial charge in [0, 0.05) is 17.5 Å². The van der Waals surface area contributed by atoms with Gasteiger partial charge in [-0.15, -0.1) is 11.3 Å². The normalized spacial score (nSPS) is 17.9. The highest BCUT2D eigenvalue weighted by molar-refractivity contribution is 7.89. The first-order valence-electron chi connectivity index (χ1n) is 6.23. The van der Waals surface area contributed by atoms with Gasteiger partial charge in [0.25, 0.3) is 0 Å². The van der Waals surface area contributed by atoms with Crippen molar-refractivity contribution in [1.29, 1.82) is 0 Å². The lowest BCUT2D eigenvalue weighted by Gasteiger charge is -2.14. The Labute approximate surface area is 113 Å². The number of aryl methyl sites for hydroxylation is 1. The van der Waals surface area contributed by atoms with Crippen molar-refractivity contribution in [2.75, 3.05) is 0 Å². The predicted octanol–water partition coefficient (Wildman–Crippen LogP) is 1.98. The molecule has 6 heteroatoms. The lowest BCUT2D eigenvalue weighted by molar-refractivity contribution is 0.529. The fourth-order valence-corrected chi connectivity index (χ4v) is 5.17. The van der Waals surface area contributed by atoms with Gasteiger partial charge in [0.15, 0.2) is 0 Å². The molecule has 4 nitrogen and oxygen atoms in total. The molecular formula is C12H20N2O2S2. The van der Waals surface area contributed by atoms with E-state index in [-0.39, 0.29) is 12.6 Å². The number of rotatable bonds is 6. The molecule has 0 saturated heterocycles. The third-order valence-electron chi connectivity index (χ3n) is 3.18. The van der Waals surface area contributed by atoms with E-state index in [4.69, 9.17) is 5.73 Å². The smallest absolute Gasteiger partial charge is 0.242 e. The van der Waals surface area contributed by atoms with Crippen molar-refractivity contribution >= 4 is 21.4 Å². The van der Waals surface area contributed by atoms with Crippen molar-refractivity contribution < 1.29 is 8.42 Å². The fourth-order valence-electron chi connectivity index (χ4n) is 2.21. The van der Waals surface area contributed by atoms with Crippen LogP contribution in [0.1, 0.15) is 36.6 Å². The van der Waals surface area contributed by atoms with Crippen LogP contribution in [-0.2, 0) is 16.6 Å². The Morgan fingerprint density at radius 3 is 2.78 bits per heavy atom. The van der Waals surface area contributed by atoms with Gasteiger partial charge in [-0.2, -0.15) is 0 Å². The minimum Gasteiger partial charge on any atom is -0.326 e. The zero-order chi connectivity index (χ0) is 13.3. The molecule has 1 aliphatic rings. The molecule has 0 bridgehead atoms. The molecule has 3 N–H and O–H groups in total. The largest absolute Gasteiger partial charge is 0.326 e. The molecule has 1 aromatic rings. The lowest BCUT2D eigenvalue weighted by atomic mass is 10.2. The number of sulfonamides is 1. The second kappa shape index (κ2) is 5.28. The van der Waals surface area contributed by atoms with Gasteiger partial charge < -0.3 is 5.73 Å². The van der Waals surface area contributed by atoms with E-state index in [1.54, 1.807) is 0 Å². The van der Waals surface area contributed by atoms with Crippen LogP contribution >= 0.6 is 11.3 Å². The van der Waals surface area contributed by atoms with Gasteiger partial charge in [0.2, 0.25) is 10.0 Å². The van der Waals surface area contributed by atoms with Crippen LogP contribution in [0.2, 0.25) is 0 Å². The molecule has 18 heavy (non-hydrogen) atoms. The Bertz CT molecular complexity index is 518. The third-order valence-corrected chi connectivity index (χ3v) is 6.26. The topological polar surface area (TPSA) is 72.2 Å². The van der Waals surface area contributed by atoms with E-state index < -0.39 is 10.0 Å². The van der Waals surface area contributed by atoms with E-state index in [1.807, 2.05) is 19.2 Å². The summed E-state index contributed by atoms with van der Waals surface area (Å²) in [5.74, 6) is 0.709. The zero-order valence-electron chi connectivity index (χ0n) is 10.8. The molecule has 1 heterocycles. The fraction of sp³-hybridized carbons (Fsp3) is 0.667. The van der Waals surface area contributed by atoms with Crippen molar-refractivity contribution in [2.45, 2.75) is 50.6 Å². The van der Waals surface area contributed by atoms with E-state index in [2.05, 4.69) is 4.72 Å². The Hall–Kier alpha value is -0.430. The number of nitrogens with two attached hydrogens (primary N) is 1. The molecule has 0 amide bonds. The molecule has 1 aliphatic carbocycles. The maximum Gasteiger partial charge on any atom is 0.242 e. The summed E-state index contributed by atoms with van der Waals surface area (Å²) in [5.41, 5.74) is 6.38. The minimum atomic E-state index is -3.43. The molecule has 1 saturated carbocycles. The van der Waals surface area contributed by atoms with E-state index in [9.17, 15) is 8.42 Å². The monoisotopic (exact) mass is 288 g/mol. The molecular weight excluding hydrogens is 268 g/mol. The van der Waals surface area contributed by atoms with Crippen LogP contribution in [0.15, 0.2) is 10.3 Å². The van der Waals surface area contributed by atoms with Crippen LogP contribution in [0.5, 0.6) is 0 Å². The average molecular weight is 288 g/mol. The quantitative estimate of drug-likeness (QED) is 0.840. The molecule has 1 atom stereocenters. The highest BCUT2D eigenvalue weighted by atomic mass is 32.2. The molecule has 102 valence electrons. The summed E-state index contributed by atoms with van der Waals surface area (Å²) in [6.45, 7) is 4.02. The van der Waals surface area contributed by atoms with Crippen molar-refractivity contribution in [3.63, 3.8) is 0 Å². The molecule has 1 unspecified atom stereocenters. The van der Waals surface area contributed by atoms with Crippen LogP contribution in [-0.4, -0.2) is 14.5 Å². The van der Waals surface area contributed by atoms with Crippen LogP contribution in [0, 0.1) is 12.8 Å². The summed E-state index contributed by atoms with van der Waals surface area (Å²) in [5, 5.41) is 1.85. The zero-order valence-corrected chi connectivity index (χ0v) is 12.4. The lowest BCUT2D eigenvalue weighted by Crippen LogP contribution is -2.33. The Balaban J connectivity index is 2.15. The summed E-state index contributed by atoms with van der Waals surface area (Å²) < 4.78 is 27.5. The molecule has 1 aromatic heterocycles. The molecule has 2 rings (SSSR count). The second-order valence-corrected chi connectivity index (χ2v) is 7.69. The highest BCUT2D eigenvalue weighted by Crippen LogP contribution is 2.34. The number of hydrogen-bond acceptors (Lipinski definition) is 4. The van der Waals surface area contributed by atoms with E-state index in [0.29, 0.717) is 10.8 Å². The maximum absolute atomic E-state index is 12.3. The van der Waals surface area contributed by atoms with Crippen molar-refractivity contribution in [2.24, 2.45) is 11.7 Å². The first kappa shape index (κ1) is 14.0. The number of nitrogens with one attached hydrogen (secondary N) is 1. The van der Waals surface area contributed by atoms with Crippen molar-refractivity contribution in [1.82, 2.24) is 4.72 Å². The first-order chi connectivity index (χ1) is 8.44. The van der Waals surface area contributed by atoms with Gasteiger partial charge >= 0.3 is 0 Å². The summed E-state index contributed by atoms with van der Waals surface area (Å²) in [6, 6.07) is -0.00701. The van der Waals surface area contributed by atoms with Crippen molar-refractivity contribution in [3.05, 3.63) is 15.8 Å². The van der Waals surface area contributed by atoms with Gasteiger partial charge in [0.05, 0.1) is 0 Å². The predicted molar refractivity (Wildman–Crippen MR) is 74.1 cm³/mol. The maximum atomic E-state index is 12.3. The first-order valence-corrected chi connectivity index (χ1v) is 8.59. The highest BCUT2D eigenvalue weighted by Gasteiger charge is 2.28. The summed E-state index contributed by atoms with van der Waals surface area (Å²) in [7, 11) is -3.43. The van der Waals surface area contributed by atoms with Gasteiger partial charge in [-0.3, -0.25) is 0 Å². The summed E-state index contributed by atoms with van der Waals surface area (Å²) in [4.78, 5) is 1.12. The van der Waals surface area contributed by atoms with E-state index >= 15 is 0 Å². The molecule has 0 aliphatic heterocycles. The Kier molecular flexibility index (Phi) is 4.11. The Morgan fingerprint density at radius 2 is 2.22 bits per heavy atom. The molecule has 0 spiro atoms. The molecule has 1 fully saturated rings. The van der Waals surface area contributed by atoms with Crippen LogP contribution in [0.3, 0.4) is 0 Å². The average Bonchev–Trinajstić information content (AvgIpc) is 2.97. The van der Waals surface area contributed by atoms with Gasteiger partial charge in [-0.25, -0.2) is 13.1 Å². The van der Waals surface area contributed by atoms with Gasteiger partial charge in [0.1, 0.15) is 4.90 Å². The Morgan fingerprint density at radius 1 is 1.56 bits per heavy atom. The molecule has 0 aromatic carbocycles. The summed E-state index contributed by atoms with van der Waals surface area (Å²) >= 11 is 1.41. The van der Waals surface area contributed by atoms with Crippen LogP contribution in [0.25, 0.3) is 0 Å². The molecule has 0 radical (unpaired) electrons. The van der Waals surface area contributed by atoms with E-state index in [1.165, 1.54) is 24.2 Å². The minimum absolute atomic E-state index is 0.00701. The number of hydrogen-bond donors (Lipinski definition) is 2. The van der Waals surface area contributed by atoms with E-state index in [0.717, 1.165) is 16.9 Å². The number of thiophene rings is 1. The van der Waals surface area contributed by atoms with Crippen molar-refractivity contribution in [3.8, 4) is 0 Å². The van der Waals surface area contributed by atoms with Crippen LogP contribution in [0.4, 0.5) is 0 Å².